The highest BCUT2D eigenvalue weighted by atomic mass is 32.2. The zero-order chi connectivity index (χ0) is 12.4. The predicted octanol–water partition coefficient (Wildman–Crippen LogP) is 0.105. The molecule has 1 fully saturated rings. The summed E-state index contributed by atoms with van der Waals surface area (Å²) in [6.07, 6.45) is 0.402. The van der Waals surface area contributed by atoms with Gasteiger partial charge in [-0.25, -0.2) is 8.42 Å². The highest BCUT2D eigenvalue weighted by molar-refractivity contribution is 7.91. The Bertz CT molecular complexity index is 363. The standard InChI is InChI=1S/C10H19NO4S/c1-8(2)15-9(12)6-11-10(3)4-5-16(13,14)7-10/h8,11H,4-7H2,1-3H3. The molecule has 0 spiro atoms. The Morgan fingerprint density at radius 2 is 2.12 bits per heavy atom. The molecular weight excluding hydrogens is 230 g/mol. The molecule has 0 radical (unpaired) electrons. The molecular formula is C10H19NO4S. The van der Waals surface area contributed by atoms with Gasteiger partial charge in [-0.3, -0.25) is 4.79 Å². The van der Waals surface area contributed by atoms with E-state index in [0.717, 1.165) is 0 Å². The summed E-state index contributed by atoms with van der Waals surface area (Å²) in [5.74, 6) is -0.0643. The zero-order valence-corrected chi connectivity index (χ0v) is 10.8. The number of carbonyl (C=O) groups is 1. The molecule has 0 aromatic rings. The van der Waals surface area contributed by atoms with Crippen LogP contribution < -0.4 is 5.32 Å². The molecule has 1 unspecified atom stereocenters. The Morgan fingerprint density at radius 3 is 2.56 bits per heavy atom. The van der Waals surface area contributed by atoms with Crippen LogP contribution in [0.15, 0.2) is 0 Å². The molecule has 1 aliphatic rings. The van der Waals surface area contributed by atoms with Gasteiger partial charge in [0.05, 0.1) is 24.2 Å². The van der Waals surface area contributed by atoms with Crippen molar-refractivity contribution in [2.75, 3.05) is 18.1 Å². The molecule has 94 valence electrons. The number of rotatable bonds is 4. The molecule has 0 amide bonds. The monoisotopic (exact) mass is 249 g/mol. The lowest BCUT2D eigenvalue weighted by Crippen LogP contribution is -2.46. The molecule has 1 heterocycles. The van der Waals surface area contributed by atoms with E-state index in [2.05, 4.69) is 5.32 Å². The van der Waals surface area contributed by atoms with Gasteiger partial charge in [0.15, 0.2) is 9.84 Å². The average Bonchev–Trinajstić information content (AvgIpc) is 2.37. The Morgan fingerprint density at radius 1 is 1.50 bits per heavy atom. The minimum atomic E-state index is -2.94. The van der Waals surface area contributed by atoms with Crippen molar-refractivity contribution in [2.45, 2.75) is 38.8 Å². The van der Waals surface area contributed by atoms with E-state index in [1.165, 1.54) is 0 Å². The smallest absolute Gasteiger partial charge is 0.320 e. The first kappa shape index (κ1) is 13.4. The molecule has 16 heavy (non-hydrogen) atoms. The Balaban J connectivity index is 2.41. The number of carbonyl (C=O) groups excluding carboxylic acids is 1. The molecule has 1 rings (SSSR count). The van der Waals surface area contributed by atoms with Crippen LogP contribution in [0.5, 0.6) is 0 Å². The first-order valence-corrected chi connectivity index (χ1v) is 7.19. The molecule has 6 heteroatoms. The van der Waals surface area contributed by atoms with Gasteiger partial charge in [0.25, 0.3) is 0 Å². The minimum Gasteiger partial charge on any atom is -0.462 e. The van der Waals surface area contributed by atoms with E-state index in [1.807, 2.05) is 6.92 Å². The first-order chi connectivity index (χ1) is 7.22. The zero-order valence-electron chi connectivity index (χ0n) is 9.95. The largest absolute Gasteiger partial charge is 0.462 e. The van der Waals surface area contributed by atoms with Crippen LogP contribution in [0.1, 0.15) is 27.2 Å². The SMILES string of the molecule is CC(C)OC(=O)CNC1(C)CCS(=O)(=O)C1. The van der Waals surface area contributed by atoms with E-state index in [-0.39, 0.29) is 30.1 Å². The molecule has 5 nitrogen and oxygen atoms in total. The molecule has 0 bridgehead atoms. The molecule has 1 N–H and O–H groups in total. The van der Waals surface area contributed by atoms with Crippen molar-refractivity contribution in [2.24, 2.45) is 0 Å². The normalized spacial score (nSPS) is 28.2. The maximum absolute atomic E-state index is 11.3. The van der Waals surface area contributed by atoms with Gasteiger partial charge in [-0.05, 0) is 27.2 Å². The molecule has 1 aliphatic heterocycles. The van der Waals surface area contributed by atoms with E-state index in [4.69, 9.17) is 4.74 Å². The minimum absolute atomic E-state index is 0.0597. The van der Waals surface area contributed by atoms with Crippen molar-refractivity contribution >= 4 is 15.8 Å². The summed E-state index contributed by atoms with van der Waals surface area (Å²) in [5.41, 5.74) is -0.491. The topological polar surface area (TPSA) is 72.5 Å². The summed E-state index contributed by atoms with van der Waals surface area (Å²) in [6, 6.07) is 0. The van der Waals surface area contributed by atoms with Crippen molar-refractivity contribution in [1.29, 1.82) is 0 Å². The summed E-state index contributed by atoms with van der Waals surface area (Å²) < 4.78 is 27.6. The van der Waals surface area contributed by atoms with Gasteiger partial charge in [0.1, 0.15) is 0 Å². The van der Waals surface area contributed by atoms with Gasteiger partial charge >= 0.3 is 5.97 Å². The van der Waals surface area contributed by atoms with Crippen LogP contribution in [0.4, 0.5) is 0 Å². The fourth-order valence-corrected chi connectivity index (χ4v) is 3.86. The quantitative estimate of drug-likeness (QED) is 0.716. The van der Waals surface area contributed by atoms with Gasteiger partial charge in [-0.1, -0.05) is 0 Å². The van der Waals surface area contributed by atoms with Crippen LogP contribution in [0.25, 0.3) is 0 Å². The fraction of sp³-hybridized carbons (Fsp3) is 0.900. The van der Waals surface area contributed by atoms with Crippen LogP contribution in [0.2, 0.25) is 0 Å². The number of sulfone groups is 1. The second-order valence-corrected chi connectivity index (χ2v) is 6.98. The Hall–Kier alpha value is -0.620. The number of ether oxygens (including phenoxy) is 1. The van der Waals surface area contributed by atoms with Crippen LogP contribution in [-0.4, -0.2) is 44.1 Å². The third-order valence-corrected chi connectivity index (χ3v) is 4.43. The fourth-order valence-electron chi connectivity index (χ4n) is 1.74. The number of hydrogen-bond donors (Lipinski definition) is 1. The van der Waals surface area contributed by atoms with E-state index >= 15 is 0 Å². The molecule has 0 saturated carbocycles. The molecule has 0 aromatic heterocycles. The second kappa shape index (κ2) is 4.71. The lowest BCUT2D eigenvalue weighted by Gasteiger charge is -2.23. The van der Waals surface area contributed by atoms with Gasteiger partial charge < -0.3 is 10.1 Å². The van der Waals surface area contributed by atoms with Gasteiger partial charge in [0.2, 0.25) is 0 Å². The van der Waals surface area contributed by atoms with Crippen LogP contribution in [0, 0.1) is 0 Å². The molecule has 1 saturated heterocycles. The van der Waals surface area contributed by atoms with E-state index in [1.54, 1.807) is 13.8 Å². The molecule has 1 atom stereocenters. The highest BCUT2D eigenvalue weighted by Gasteiger charge is 2.38. The van der Waals surface area contributed by atoms with Crippen molar-refractivity contribution in [1.82, 2.24) is 5.32 Å². The highest BCUT2D eigenvalue weighted by Crippen LogP contribution is 2.22. The van der Waals surface area contributed by atoms with Crippen LogP contribution in [0.3, 0.4) is 0 Å². The third kappa shape index (κ3) is 4.09. The summed E-state index contributed by atoms with van der Waals surface area (Å²) in [7, 11) is -2.94. The summed E-state index contributed by atoms with van der Waals surface area (Å²) in [5, 5.41) is 2.97. The van der Waals surface area contributed by atoms with Crippen molar-refractivity contribution in [3.63, 3.8) is 0 Å². The second-order valence-electron chi connectivity index (χ2n) is 4.79. The number of nitrogens with one attached hydrogen (secondary N) is 1. The van der Waals surface area contributed by atoms with Gasteiger partial charge in [0, 0.05) is 5.54 Å². The van der Waals surface area contributed by atoms with E-state index < -0.39 is 15.4 Å². The summed E-state index contributed by atoms with van der Waals surface area (Å²) >= 11 is 0. The maximum atomic E-state index is 11.3. The number of hydrogen-bond acceptors (Lipinski definition) is 5. The van der Waals surface area contributed by atoms with Crippen LogP contribution >= 0.6 is 0 Å². The summed E-state index contributed by atoms with van der Waals surface area (Å²) in [4.78, 5) is 11.3. The average molecular weight is 249 g/mol. The lowest BCUT2D eigenvalue weighted by atomic mass is 10.0. The van der Waals surface area contributed by atoms with Crippen molar-refractivity contribution in [3.05, 3.63) is 0 Å². The summed E-state index contributed by atoms with van der Waals surface area (Å²) in [6.45, 7) is 5.43. The maximum Gasteiger partial charge on any atom is 0.320 e. The van der Waals surface area contributed by atoms with E-state index in [0.29, 0.717) is 6.42 Å². The lowest BCUT2D eigenvalue weighted by molar-refractivity contribution is -0.146. The Labute approximate surface area is 96.5 Å². The predicted molar refractivity (Wildman–Crippen MR) is 60.9 cm³/mol. The van der Waals surface area contributed by atoms with Crippen molar-refractivity contribution < 1.29 is 17.9 Å². The Kier molecular flexibility index (Phi) is 3.96. The van der Waals surface area contributed by atoms with Gasteiger partial charge in [-0.2, -0.15) is 0 Å². The van der Waals surface area contributed by atoms with Crippen LogP contribution in [-0.2, 0) is 19.4 Å². The van der Waals surface area contributed by atoms with E-state index in [9.17, 15) is 13.2 Å². The van der Waals surface area contributed by atoms with Crippen molar-refractivity contribution in [3.8, 4) is 0 Å². The molecule has 0 aliphatic carbocycles. The third-order valence-electron chi connectivity index (χ3n) is 2.53. The first-order valence-electron chi connectivity index (χ1n) is 5.37. The molecule has 0 aromatic carbocycles. The number of esters is 1. The van der Waals surface area contributed by atoms with Gasteiger partial charge in [-0.15, -0.1) is 0 Å².